The summed E-state index contributed by atoms with van der Waals surface area (Å²) >= 11 is 0. The summed E-state index contributed by atoms with van der Waals surface area (Å²) in [6.45, 7) is 0. The minimum atomic E-state index is -3.32. The van der Waals surface area contributed by atoms with Gasteiger partial charge in [-0.2, -0.15) is 0 Å². The lowest BCUT2D eigenvalue weighted by Gasteiger charge is -2.16. The lowest BCUT2D eigenvalue weighted by atomic mass is 10.2. The Hall–Kier alpha value is -3.73. The van der Waals surface area contributed by atoms with E-state index in [4.69, 9.17) is 19.2 Å². The molecular weight excluding hydrogens is 458 g/mol. The average molecular weight is 482 g/mol. The Bertz CT molecular complexity index is 1460. The monoisotopic (exact) mass is 481 g/mol. The molecule has 1 aliphatic carbocycles. The minimum absolute atomic E-state index is 0.192. The van der Waals surface area contributed by atoms with E-state index in [-0.39, 0.29) is 11.9 Å². The molecule has 0 aliphatic heterocycles. The molecule has 0 bridgehead atoms. The van der Waals surface area contributed by atoms with Crippen molar-refractivity contribution in [2.75, 3.05) is 20.5 Å². The number of ether oxygens (including phenoxy) is 3. The van der Waals surface area contributed by atoms with E-state index in [0.717, 1.165) is 19.1 Å². The van der Waals surface area contributed by atoms with E-state index < -0.39 is 9.84 Å². The molecule has 34 heavy (non-hydrogen) atoms. The zero-order chi connectivity index (χ0) is 23.9. The molecule has 0 amide bonds. The molecule has 0 N–H and O–H groups in total. The average Bonchev–Trinajstić information content (AvgIpc) is 3.55. The third-order valence-electron chi connectivity index (χ3n) is 5.22. The van der Waals surface area contributed by atoms with Crippen molar-refractivity contribution in [3.63, 3.8) is 0 Å². The second kappa shape index (κ2) is 8.56. The molecule has 11 heteroatoms. The SMILES string of the molecule is COc1cccc(OC)c1-n1c(-c2cccc(OC3CC3)n2)nc2ncc(CS(C)(=O)=O)nc21. The van der Waals surface area contributed by atoms with E-state index in [1.807, 2.05) is 18.2 Å². The Morgan fingerprint density at radius 2 is 1.71 bits per heavy atom. The van der Waals surface area contributed by atoms with Gasteiger partial charge in [0.15, 0.2) is 27.0 Å². The third-order valence-corrected chi connectivity index (χ3v) is 6.04. The largest absolute Gasteiger partial charge is 0.494 e. The summed E-state index contributed by atoms with van der Waals surface area (Å²) in [5, 5.41) is 0. The number of benzene rings is 1. The van der Waals surface area contributed by atoms with Crippen LogP contribution in [0.15, 0.2) is 42.6 Å². The highest BCUT2D eigenvalue weighted by molar-refractivity contribution is 7.89. The molecule has 3 heterocycles. The first kappa shape index (κ1) is 22.1. The summed E-state index contributed by atoms with van der Waals surface area (Å²) in [7, 11) is -0.205. The van der Waals surface area contributed by atoms with Crippen LogP contribution in [0.2, 0.25) is 0 Å². The van der Waals surface area contributed by atoms with Gasteiger partial charge in [0.1, 0.15) is 29.0 Å². The molecule has 0 unspecified atom stereocenters. The van der Waals surface area contributed by atoms with Gasteiger partial charge in [0.05, 0.1) is 31.9 Å². The molecule has 1 aromatic carbocycles. The Balaban J connectivity index is 1.78. The van der Waals surface area contributed by atoms with Crippen LogP contribution in [-0.4, -0.2) is 59.5 Å². The first-order valence-electron chi connectivity index (χ1n) is 10.6. The van der Waals surface area contributed by atoms with E-state index in [1.165, 1.54) is 6.20 Å². The van der Waals surface area contributed by atoms with Gasteiger partial charge >= 0.3 is 0 Å². The predicted octanol–water partition coefficient (Wildman–Crippen LogP) is 2.98. The number of methoxy groups -OCH3 is 2. The summed E-state index contributed by atoms with van der Waals surface area (Å²) < 4.78 is 42.7. The van der Waals surface area contributed by atoms with Gasteiger partial charge in [-0.1, -0.05) is 12.1 Å². The highest BCUT2D eigenvalue weighted by atomic mass is 32.2. The molecule has 3 aromatic heterocycles. The molecule has 0 radical (unpaired) electrons. The number of hydrogen-bond acceptors (Lipinski definition) is 9. The van der Waals surface area contributed by atoms with E-state index in [9.17, 15) is 8.42 Å². The lowest BCUT2D eigenvalue weighted by molar-refractivity contribution is 0.291. The van der Waals surface area contributed by atoms with Gasteiger partial charge in [0, 0.05) is 12.3 Å². The molecule has 5 rings (SSSR count). The van der Waals surface area contributed by atoms with Crippen LogP contribution in [0.25, 0.3) is 28.5 Å². The fraction of sp³-hybridized carbons (Fsp3) is 0.304. The van der Waals surface area contributed by atoms with E-state index in [0.29, 0.717) is 51.6 Å². The van der Waals surface area contributed by atoms with Gasteiger partial charge in [0.25, 0.3) is 0 Å². The number of fused-ring (bicyclic) bond motifs is 1. The maximum atomic E-state index is 11.9. The minimum Gasteiger partial charge on any atom is -0.494 e. The molecule has 10 nitrogen and oxygen atoms in total. The fourth-order valence-electron chi connectivity index (χ4n) is 3.62. The maximum Gasteiger partial charge on any atom is 0.214 e. The van der Waals surface area contributed by atoms with Crippen LogP contribution in [0.5, 0.6) is 17.4 Å². The zero-order valence-electron chi connectivity index (χ0n) is 18.9. The van der Waals surface area contributed by atoms with Crippen molar-refractivity contribution in [1.82, 2.24) is 24.5 Å². The van der Waals surface area contributed by atoms with Gasteiger partial charge in [0.2, 0.25) is 5.88 Å². The number of rotatable bonds is 8. The standard InChI is InChI=1S/C23H23N5O5S/c1-31-17-7-5-8-18(32-2)20(17)28-22(16-6-4-9-19(26-16)33-15-10-11-15)27-21-23(28)25-14(12-24-21)13-34(3,29)30/h4-9,12,15H,10-11,13H2,1-3H3. The van der Waals surface area contributed by atoms with Crippen molar-refractivity contribution in [3.8, 4) is 34.6 Å². The van der Waals surface area contributed by atoms with Crippen molar-refractivity contribution in [2.45, 2.75) is 24.7 Å². The second-order valence-corrected chi connectivity index (χ2v) is 10.2. The smallest absolute Gasteiger partial charge is 0.214 e. The number of pyridine rings is 1. The van der Waals surface area contributed by atoms with E-state index in [2.05, 4.69) is 15.0 Å². The summed E-state index contributed by atoms with van der Waals surface area (Å²) in [5.41, 5.74) is 2.07. The number of aromatic nitrogens is 5. The normalized spacial score (nSPS) is 13.7. The fourth-order valence-corrected chi connectivity index (χ4v) is 4.30. The van der Waals surface area contributed by atoms with Crippen LogP contribution >= 0.6 is 0 Å². The molecule has 1 fully saturated rings. The molecule has 0 atom stereocenters. The van der Waals surface area contributed by atoms with E-state index in [1.54, 1.807) is 37.0 Å². The first-order valence-corrected chi connectivity index (χ1v) is 12.7. The number of nitrogens with zero attached hydrogens (tertiary/aromatic N) is 5. The molecular formula is C23H23N5O5S. The molecule has 0 spiro atoms. The number of imidazole rings is 1. The Morgan fingerprint density at radius 3 is 2.35 bits per heavy atom. The van der Waals surface area contributed by atoms with E-state index >= 15 is 0 Å². The Kier molecular flexibility index (Phi) is 5.56. The van der Waals surface area contributed by atoms with Crippen molar-refractivity contribution in [1.29, 1.82) is 0 Å². The number of hydrogen-bond donors (Lipinski definition) is 0. The number of sulfone groups is 1. The molecule has 4 aromatic rings. The van der Waals surface area contributed by atoms with Crippen LogP contribution in [0, 0.1) is 0 Å². The lowest BCUT2D eigenvalue weighted by Crippen LogP contribution is -2.07. The maximum absolute atomic E-state index is 11.9. The van der Waals surface area contributed by atoms with Gasteiger partial charge in [-0.15, -0.1) is 0 Å². The highest BCUT2D eigenvalue weighted by Crippen LogP contribution is 2.38. The van der Waals surface area contributed by atoms with Gasteiger partial charge in [-0.3, -0.25) is 4.57 Å². The Morgan fingerprint density at radius 1 is 1.00 bits per heavy atom. The quantitative estimate of drug-likeness (QED) is 0.374. The molecule has 176 valence electrons. The van der Waals surface area contributed by atoms with Crippen molar-refractivity contribution < 1.29 is 22.6 Å². The third kappa shape index (κ3) is 4.38. The second-order valence-electron chi connectivity index (χ2n) is 8.04. The van der Waals surface area contributed by atoms with Crippen LogP contribution in [0.4, 0.5) is 0 Å². The van der Waals surface area contributed by atoms with Crippen molar-refractivity contribution >= 4 is 21.1 Å². The predicted molar refractivity (Wildman–Crippen MR) is 125 cm³/mol. The summed E-state index contributed by atoms with van der Waals surface area (Å²) in [6.07, 6.45) is 4.79. The highest BCUT2D eigenvalue weighted by Gasteiger charge is 2.26. The topological polar surface area (TPSA) is 118 Å². The molecule has 1 aliphatic rings. The van der Waals surface area contributed by atoms with Crippen LogP contribution in [0.1, 0.15) is 18.5 Å². The molecule has 0 saturated heterocycles. The van der Waals surface area contributed by atoms with Gasteiger partial charge in [-0.05, 0) is 31.0 Å². The summed E-state index contributed by atoms with van der Waals surface area (Å²) in [5.74, 6) is 1.73. The zero-order valence-corrected chi connectivity index (χ0v) is 19.7. The Labute approximate surface area is 196 Å². The van der Waals surface area contributed by atoms with Crippen molar-refractivity contribution in [3.05, 3.63) is 48.3 Å². The van der Waals surface area contributed by atoms with Crippen LogP contribution < -0.4 is 14.2 Å². The van der Waals surface area contributed by atoms with Crippen molar-refractivity contribution in [2.24, 2.45) is 0 Å². The first-order chi connectivity index (χ1) is 16.4. The van der Waals surface area contributed by atoms with Crippen LogP contribution in [-0.2, 0) is 15.6 Å². The van der Waals surface area contributed by atoms with Crippen LogP contribution in [0.3, 0.4) is 0 Å². The molecule has 1 saturated carbocycles. The summed E-state index contributed by atoms with van der Waals surface area (Å²) in [4.78, 5) is 18.3. The number of para-hydroxylation sites is 1. The summed E-state index contributed by atoms with van der Waals surface area (Å²) in [6, 6.07) is 10.9. The van der Waals surface area contributed by atoms with Gasteiger partial charge < -0.3 is 14.2 Å². The van der Waals surface area contributed by atoms with Gasteiger partial charge in [-0.25, -0.2) is 28.4 Å².